The lowest BCUT2D eigenvalue weighted by Gasteiger charge is -2.08. The minimum atomic E-state index is 0.802. The van der Waals surface area contributed by atoms with E-state index in [1.165, 1.54) is 18.4 Å². The molecule has 3 nitrogen and oxygen atoms in total. The zero-order valence-electron chi connectivity index (χ0n) is 11.8. The lowest BCUT2D eigenvalue weighted by atomic mass is 10.1. The first-order chi connectivity index (χ1) is 9.25. The highest BCUT2D eigenvalue weighted by Gasteiger charge is 1.97. The molecule has 1 aromatic heterocycles. The van der Waals surface area contributed by atoms with Crippen LogP contribution in [0.1, 0.15) is 32.3 Å². The van der Waals surface area contributed by atoms with Gasteiger partial charge >= 0.3 is 0 Å². The summed E-state index contributed by atoms with van der Waals surface area (Å²) in [5.41, 5.74) is 2.48. The first kappa shape index (κ1) is 13.8. The van der Waals surface area contributed by atoms with E-state index in [-0.39, 0.29) is 0 Å². The fourth-order valence-corrected chi connectivity index (χ4v) is 2.07. The molecule has 0 aliphatic carbocycles. The molecule has 0 atom stereocenters. The van der Waals surface area contributed by atoms with Crippen molar-refractivity contribution in [2.24, 2.45) is 5.92 Å². The molecule has 0 aliphatic rings. The predicted molar refractivity (Wildman–Crippen MR) is 79.3 cm³/mol. The van der Waals surface area contributed by atoms with E-state index in [4.69, 9.17) is 0 Å². The summed E-state index contributed by atoms with van der Waals surface area (Å²) in [4.78, 5) is 4.06. The van der Waals surface area contributed by atoms with Gasteiger partial charge in [-0.3, -0.25) is 0 Å². The number of imidazole rings is 1. The van der Waals surface area contributed by atoms with Crippen molar-refractivity contribution in [1.82, 2.24) is 14.9 Å². The molecule has 1 N–H and O–H groups in total. The summed E-state index contributed by atoms with van der Waals surface area (Å²) in [6.07, 6.45) is 8.12. The number of nitrogens with zero attached hydrogens (tertiary/aromatic N) is 2. The highest BCUT2D eigenvalue weighted by molar-refractivity contribution is 5.34. The monoisotopic (exact) mass is 257 g/mol. The van der Waals surface area contributed by atoms with Crippen molar-refractivity contribution in [3.05, 3.63) is 48.5 Å². The number of hydrogen-bond donors (Lipinski definition) is 1. The van der Waals surface area contributed by atoms with Crippen LogP contribution in [-0.4, -0.2) is 16.1 Å². The molecular weight excluding hydrogens is 234 g/mol. The van der Waals surface area contributed by atoms with Crippen LogP contribution in [0.15, 0.2) is 43.0 Å². The fourth-order valence-electron chi connectivity index (χ4n) is 2.07. The van der Waals surface area contributed by atoms with Gasteiger partial charge in [-0.2, -0.15) is 0 Å². The normalized spacial score (nSPS) is 11.1. The van der Waals surface area contributed by atoms with Gasteiger partial charge in [0.15, 0.2) is 0 Å². The van der Waals surface area contributed by atoms with Crippen LogP contribution in [-0.2, 0) is 6.54 Å². The second kappa shape index (κ2) is 7.10. The van der Waals surface area contributed by atoms with Crippen LogP contribution in [0.25, 0.3) is 5.69 Å². The highest BCUT2D eigenvalue weighted by atomic mass is 15.0. The molecule has 1 heterocycles. The molecule has 0 spiro atoms. The summed E-state index contributed by atoms with van der Waals surface area (Å²) in [6, 6.07) is 8.61. The second-order valence-electron chi connectivity index (χ2n) is 5.35. The minimum absolute atomic E-state index is 0.802. The maximum absolute atomic E-state index is 4.06. The third kappa shape index (κ3) is 4.52. The van der Waals surface area contributed by atoms with E-state index >= 15 is 0 Å². The predicted octanol–water partition coefficient (Wildman–Crippen LogP) is 3.40. The Morgan fingerprint density at radius 2 is 2.00 bits per heavy atom. The number of rotatable bonds is 7. The molecule has 0 saturated heterocycles. The number of aromatic nitrogens is 2. The summed E-state index contributed by atoms with van der Waals surface area (Å²) >= 11 is 0. The number of nitrogens with one attached hydrogen (secondary N) is 1. The lowest BCUT2D eigenvalue weighted by molar-refractivity contribution is 0.527. The highest BCUT2D eigenvalue weighted by Crippen LogP contribution is 2.09. The Labute approximate surface area is 115 Å². The van der Waals surface area contributed by atoms with Gasteiger partial charge in [-0.25, -0.2) is 4.98 Å². The molecule has 102 valence electrons. The quantitative estimate of drug-likeness (QED) is 0.770. The van der Waals surface area contributed by atoms with Crippen molar-refractivity contribution < 1.29 is 0 Å². The molecule has 0 bridgehead atoms. The van der Waals surface area contributed by atoms with E-state index in [1.54, 1.807) is 6.20 Å². The Balaban J connectivity index is 1.76. The summed E-state index contributed by atoms with van der Waals surface area (Å²) in [6.45, 7) is 6.59. The molecular formula is C16H23N3. The van der Waals surface area contributed by atoms with Crippen molar-refractivity contribution in [3.63, 3.8) is 0 Å². The molecule has 1 aromatic carbocycles. The molecule has 0 aliphatic heterocycles. The maximum Gasteiger partial charge on any atom is 0.0991 e. The SMILES string of the molecule is CC(C)CCCNCc1ccc(-n2ccnc2)cc1. The number of hydrogen-bond acceptors (Lipinski definition) is 2. The standard InChI is InChI=1S/C16H23N3/c1-14(2)4-3-9-17-12-15-5-7-16(8-6-15)19-11-10-18-13-19/h5-8,10-11,13-14,17H,3-4,9,12H2,1-2H3. The molecule has 0 amide bonds. The van der Waals surface area contributed by atoms with E-state index in [9.17, 15) is 0 Å². The van der Waals surface area contributed by atoms with Gasteiger partial charge in [0.25, 0.3) is 0 Å². The molecule has 0 unspecified atom stereocenters. The van der Waals surface area contributed by atoms with Crippen LogP contribution in [0.4, 0.5) is 0 Å². The summed E-state index contributed by atoms with van der Waals surface area (Å²) in [7, 11) is 0. The summed E-state index contributed by atoms with van der Waals surface area (Å²) in [5, 5.41) is 3.49. The topological polar surface area (TPSA) is 29.9 Å². The van der Waals surface area contributed by atoms with E-state index in [2.05, 4.69) is 48.4 Å². The first-order valence-electron chi connectivity index (χ1n) is 7.03. The van der Waals surface area contributed by atoms with Gasteiger partial charge in [-0.05, 0) is 43.0 Å². The van der Waals surface area contributed by atoms with Gasteiger partial charge in [-0.15, -0.1) is 0 Å². The van der Waals surface area contributed by atoms with E-state index in [0.29, 0.717) is 0 Å². The van der Waals surface area contributed by atoms with Crippen LogP contribution in [0.5, 0.6) is 0 Å². The molecule has 0 fully saturated rings. The van der Waals surface area contributed by atoms with Crippen LogP contribution >= 0.6 is 0 Å². The third-order valence-electron chi connectivity index (χ3n) is 3.20. The zero-order valence-corrected chi connectivity index (χ0v) is 11.8. The van der Waals surface area contributed by atoms with Crippen LogP contribution in [0.2, 0.25) is 0 Å². The lowest BCUT2D eigenvalue weighted by Crippen LogP contribution is -2.15. The van der Waals surface area contributed by atoms with Crippen LogP contribution < -0.4 is 5.32 Å². The van der Waals surface area contributed by atoms with Gasteiger partial charge in [-0.1, -0.05) is 26.0 Å². The van der Waals surface area contributed by atoms with E-state index in [1.807, 2.05) is 17.1 Å². The molecule has 2 aromatic rings. The van der Waals surface area contributed by atoms with Crippen molar-refractivity contribution >= 4 is 0 Å². The smallest absolute Gasteiger partial charge is 0.0991 e. The first-order valence-corrected chi connectivity index (χ1v) is 7.03. The minimum Gasteiger partial charge on any atom is -0.313 e. The van der Waals surface area contributed by atoms with E-state index in [0.717, 1.165) is 24.7 Å². The molecule has 2 rings (SSSR count). The largest absolute Gasteiger partial charge is 0.313 e. The fraction of sp³-hybridized carbons (Fsp3) is 0.438. The van der Waals surface area contributed by atoms with Crippen molar-refractivity contribution in [2.45, 2.75) is 33.2 Å². The zero-order chi connectivity index (χ0) is 13.5. The number of benzene rings is 1. The Morgan fingerprint density at radius 3 is 2.63 bits per heavy atom. The summed E-state index contributed by atoms with van der Waals surface area (Å²) < 4.78 is 2.01. The Bertz CT molecular complexity index is 457. The summed E-state index contributed by atoms with van der Waals surface area (Å²) in [5.74, 6) is 0.802. The van der Waals surface area contributed by atoms with Gasteiger partial charge < -0.3 is 9.88 Å². The molecule has 3 heteroatoms. The molecule has 0 saturated carbocycles. The van der Waals surface area contributed by atoms with Gasteiger partial charge in [0, 0.05) is 24.6 Å². The van der Waals surface area contributed by atoms with Crippen molar-refractivity contribution in [2.75, 3.05) is 6.54 Å². The van der Waals surface area contributed by atoms with Gasteiger partial charge in [0.1, 0.15) is 0 Å². The van der Waals surface area contributed by atoms with Crippen molar-refractivity contribution in [3.8, 4) is 5.69 Å². The van der Waals surface area contributed by atoms with Crippen molar-refractivity contribution in [1.29, 1.82) is 0 Å². The Kier molecular flexibility index (Phi) is 5.16. The maximum atomic E-state index is 4.06. The molecule has 0 radical (unpaired) electrons. The average molecular weight is 257 g/mol. The van der Waals surface area contributed by atoms with Gasteiger partial charge in [0.05, 0.1) is 6.33 Å². The van der Waals surface area contributed by atoms with E-state index < -0.39 is 0 Å². The third-order valence-corrected chi connectivity index (χ3v) is 3.20. The van der Waals surface area contributed by atoms with Gasteiger partial charge in [0.2, 0.25) is 0 Å². The van der Waals surface area contributed by atoms with Crippen LogP contribution in [0, 0.1) is 5.92 Å². The Hall–Kier alpha value is -1.61. The Morgan fingerprint density at radius 1 is 1.21 bits per heavy atom. The average Bonchev–Trinajstić information content (AvgIpc) is 2.93. The second-order valence-corrected chi connectivity index (χ2v) is 5.35. The molecule has 19 heavy (non-hydrogen) atoms. The van der Waals surface area contributed by atoms with Crippen LogP contribution in [0.3, 0.4) is 0 Å².